The Morgan fingerprint density at radius 2 is 1.77 bits per heavy atom. The lowest BCUT2D eigenvalue weighted by Crippen LogP contribution is -2.53. The topological polar surface area (TPSA) is 65.7 Å². The van der Waals surface area contributed by atoms with Gasteiger partial charge in [-0.1, -0.05) is 47.0 Å². The molecule has 2 aromatic rings. The second-order valence-corrected chi connectivity index (χ2v) is 7.25. The zero-order valence-electron chi connectivity index (χ0n) is 14.8. The average molecular weight is 390 g/mol. The highest BCUT2D eigenvalue weighted by molar-refractivity contribution is 6.42. The molecular weight excluding hydrogens is 369 g/mol. The van der Waals surface area contributed by atoms with Crippen molar-refractivity contribution >= 4 is 34.7 Å². The molecule has 2 aromatic carbocycles. The van der Waals surface area contributed by atoms with Crippen LogP contribution in [-0.2, 0) is 5.79 Å². The van der Waals surface area contributed by atoms with Crippen molar-refractivity contribution in [2.75, 3.05) is 19.4 Å². The van der Waals surface area contributed by atoms with E-state index in [1.165, 1.54) is 5.56 Å². The molecule has 7 heteroatoms. The Hall–Kier alpha value is -2.21. The van der Waals surface area contributed by atoms with Gasteiger partial charge in [0.25, 0.3) is 0 Å². The average Bonchev–Trinajstić information content (AvgIpc) is 2.59. The quantitative estimate of drug-likeness (QED) is 0.744. The lowest BCUT2D eigenvalue weighted by molar-refractivity contribution is 0.387. The number of halogens is 2. The number of anilines is 1. The second-order valence-electron chi connectivity index (χ2n) is 6.43. The summed E-state index contributed by atoms with van der Waals surface area (Å²) in [6.45, 7) is 2.05. The van der Waals surface area contributed by atoms with E-state index in [1.54, 1.807) is 12.1 Å². The van der Waals surface area contributed by atoms with E-state index in [0.29, 0.717) is 15.6 Å². The third kappa shape index (κ3) is 3.96. The maximum Gasteiger partial charge on any atom is 0.212 e. The van der Waals surface area contributed by atoms with E-state index >= 15 is 0 Å². The van der Waals surface area contributed by atoms with E-state index in [0.717, 1.165) is 17.3 Å². The van der Waals surface area contributed by atoms with E-state index in [9.17, 15) is 0 Å². The summed E-state index contributed by atoms with van der Waals surface area (Å²) in [5, 5.41) is 7.50. The number of hydrogen-bond acceptors (Lipinski definition) is 5. The molecule has 1 atom stereocenters. The molecule has 1 aliphatic rings. The summed E-state index contributed by atoms with van der Waals surface area (Å²) in [5.74, 6) is 0.295. The third-order valence-electron chi connectivity index (χ3n) is 4.04. The van der Waals surface area contributed by atoms with Gasteiger partial charge in [-0.3, -0.25) is 5.73 Å². The fourth-order valence-corrected chi connectivity index (χ4v) is 2.87. The van der Waals surface area contributed by atoms with Gasteiger partial charge in [-0.2, -0.15) is 0 Å². The Labute approximate surface area is 163 Å². The normalized spacial score (nSPS) is 19.3. The summed E-state index contributed by atoms with van der Waals surface area (Å²) >= 11 is 12.2. The predicted octanol–water partition coefficient (Wildman–Crippen LogP) is 3.89. The molecule has 1 aliphatic heterocycles. The Bertz CT molecular complexity index is 874. The minimum atomic E-state index is -1.17. The molecule has 0 spiro atoms. The lowest BCUT2D eigenvalue weighted by Gasteiger charge is -2.35. The highest BCUT2D eigenvalue weighted by atomic mass is 35.5. The van der Waals surface area contributed by atoms with Gasteiger partial charge in [0, 0.05) is 31.4 Å². The Morgan fingerprint density at radius 1 is 1.08 bits per heavy atom. The standard InChI is InChI=1S/C19H21Cl2N5/c1-12-4-7-14(8-5-12)23-17-11-18(26(2)3)25-19(22,24-17)13-6-9-15(20)16(21)10-13/h4-11,23-24H,22H2,1-3H3. The van der Waals surface area contributed by atoms with Gasteiger partial charge in [-0.15, -0.1) is 0 Å². The van der Waals surface area contributed by atoms with Gasteiger partial charge in [0.1, 0.15) is 11.7 Å². The molecule has 5 nitrogen and oxygen atoms in total. The first-order chi connectivity index (χ1) is 12.3. The van der Waals surface area contributed by atoms with Crippen LogP contribution >= 0.6 is 23.2 Å². The maximum absolute atomic E-state index is 6.59. The third-order valence-corrected chi connectivity index (χ3v) is 4.78. The number of nitrogens with zero attached hydrogens (tertiary/aromatic N) is 2. The molecule has 0 saturated heterocycles. The number of hydrogen-bond donors (Lipinski definition) is 3. The van der Waals surface area contributed by atoms with Crippen LogP contribution in [0.25, 0.3) is 0 Å². The molecule has 136 valence electrons. The molecule has 0 saturated carbocycles. The van der Waals surface area contributed by atoms with Crippen LogP contribution in [0.5, 0.6) is 0 Å². The first kappa shape index (κ1) is 18.6. The summed E-state index contributed by atoms with van der Waals surface area (Å²) in [6, 6.07) is 13.4. The molecule has 0 amide bonds. The number of nitrogens with two attached hydrogens (primary N) is 1. The zero-order chi connectivity index (χ0) is 18.9. The molecule has 3 rings (SSSR count). The number of aryl methyl sites for hydroxylation is 1. The van der Waals surface area contributed by atoms with Crippen molar-refractivity contribution in [3.8, 4) is 0 Å². The highest BCUT2D eigenvalue weighted by Gasteiger charge is 2.32. The fraction of sp³-hybridized carbons (Fsp3) is 0.211. The van der Waals surface area contributed by atoms with Gasteiger partial charge in [-0.05, 0) is 31.2 Å². The fourth-order valence-electron chi connectivity index (χ4n) is 2.57. The molecule has 0 aromatic heterocycles. The van der Waals surface area contributed by atoms with E-state index in [1.807, 2.05) is 62.3 Å². The molecule has 1 unspecified atom stereocenters. The highest BCUT2D eigenvalue weighted by Crippen LogP contribution is 2.29. The zero-order valence-corrected chi connectivity index (χ0v) is 16.4. The predicted molar refractivity (Wildman–Crippen MR) is 109 cm³/mol. The van der Waals surface area contributed by atoms with E-state index < -0.39 is 5.79 Å². The van der Waals surface area contributed by atoms with Crippen LogP contribution in [-0.4, -0.2) is 24.8 Å². The van der Waals surface area contributed by atoms with E-state index in [2.05, 4.69) is 15.6 Å². The van der Waals surface area contributed by atoms with E-state index in [4.69, 9.17) is 28.9 Å². The molecule has 0 fully saturated rings. The second kappa shape index (κ2) is 7.19. The molecule has 0 radical (unpaired) electrons. The molecule has 0 aliphatic carbocycles. The Kier molecular flexibility index (Phi) is 5.14. The van der Waals surface area contributed by atoms with Crippen molar-refractivity contribution in [2.45, 2.75) is 12.7 Å². The maximum atomic E-state index is 6.59. The van der Waals surface area contributed by atoms with Crippen molar-refractivity contribution in [1.82, 2.24) is 10.2 Å². The number of amidine groups is 1. The summed E-state index contributed by atoms with van der Waals surface area (Å²) < 4.78 is 0. The number of aliphatic imine (C=N–C) groups is 1. The van der Waals surface area contributed by atoms with Crippen LogP contribution in [0.4, 0.5) is 5.69 Å². The smallest absolute Gasteiger partial charge is 0.212 e. The van der Waals surface area contributed by atoms with Gasteiger partial charge in [0.2, 0.25) is 5.79 Å². The van der Waals surface area contributed by atoms with Gasteiger partial charge < -0.3 is 15.5 Å². The minimum absolute atomic E-state index is 0.431. The van der Waals surface area contributed by atoms with Crippen molar-refractivity contribution < 1.29 is 0 Å². The monoisotopic (exact) mass is 389 g/mol. The molecule has 1 heterocycles. The van der Waals surface area contributed by atoms with Crippen LogP contribution in [0.15, 0.2) is 59.4 Å². The largest absolute Gasteiger partial charge is 0.363 e. The first-order valence-corrected chi connectivity index (χ1v) is 8.87. The van der Waals surface area contributed by atoms with Crippen molar-refractivity contribution in [3.05, 3.63) is 75.5 Å². The number of nitrogens with one attached hydrogen (secondary N) is 2. The van der Waals surface area contributed by atoms with E-state index in [-0.39, 0.29) is 0 Å². The molecule has 0 bridgehead atoms. The molecule has 4 N–H and O–H groups in total. The Morgan fingerprint density at radius 3 is 2.38 bits per heavy atom. The minimum Gasteiger partial charge on any atom is -0.363 e. The first-order valence-electron chi connectivity index (χ1n) is 8.12. The molecular formula is C19H21Cl2N5. The van der Waals surface area contributed by atoms with Gasteiger partial charge in [0.05, 0.1) is 10.0 Å². The van der Waals surface area contributed by atoms with Gasteiger partial charge in [0.15, 0.2) is 0 Å². The van der Waals surface area contributed by atoms with Crippen LogP contribution in [0, 0.1) is 6.92 Å². The van der Waals surface area contributed by atoms with Crippen LogP contribution in [0.1, 0.15) is 11.1 Å². The summed E-state index contributed by atoms with van der Waals surface area (Å²) in [6.07, 6.45) is 1.91. The van der Waals surface area contributed by atoms with Crippen LogP contribution in [0.3, 0.4) is 0 Å². The van der Waals surface area contributed by atoms with Crippen molar-refractivity contribution in [1.29, 1.82) is 0 Å². The lowest BCUT2D eigenvalue weighted by atomic mass is 10.1. The Balaban J connectivity index is 1.96. The number of likely N-dealkylation sites (N-methyl/N-ethyl adjacent to an activating group) is 1. The van der Waals surface area contributed by atoms with Crippen molar-refractivity contribution in [3.63, 3.8) is 0 Å². The summed E-state index contributed by atoms with van der Waals surface area (Å²) in [5.41, 5.74) is 9.44. The SMILES string of the molecule is Cc1ccc(NC2=CC(N(C)C)=NC(N)(c3ccc(Cl)c(Cl)c3)N2)cc1. The summed E-state index contributed by atoms with van der Waals surface area (Å²) in [7, 11) is 3.83. The van der Waals surface area contributed by atoms with Crippen LogP contribution in [0.2, 0.25) is 10.0 Å². The number of benzene rings is 2. The molecule has 26 heavy (non-hydrogen) atoms. The van der Waals surface area contributed by atoms with Crippen molar-refractivity contribution in [2.24, 2.45) is 10.7 Å². The van der Waals surface area contributed by atoms with Crippen LogP contribution < -0.4 is 16.4 Å². The van der Waals surface area contributed by atoms with Gasteiger partial charge in [-0.25, -0.2) is 4.99 Å². The van der Waals surface area contributed by atoms with Gasteiger partial charge >= 0.3 is 0 Å². The summed E-state index contributed by atoms with van der Waals surface area (Å²) in [4.78, 5) is 6.55. The number of rotatable bonds is 3.